The standard InChI is InChI=1S/C16H23N3O2S/c1-11-6-7-16(8-12(11)2)22(20,21)18-14(4)10-19-15(5)9-13(3)17-19/h6-9,14,18H,10H2,1-5H3/t14-/m0/s1. The molecule has 0 unspecified atom stereocenters. The summed E-state index contributed by atoms with van der Waals surface area (Å²) in [6.45, 7) is 10.1. The quantitative estimate of drug-likeness (QED) is 0.920. The molecule has 1 heterocycles. The molecule has 0 radical (unpaired) electrons. The molecule has 5 nitrogen and oxygen atoms in total. The number of benzene rings is 1. The van der Waals surface area contributed by atoms with Crippen LogP contribution in [0.5, 0.6) is 0 Å². The lowest BCUT2D eigenvalue weighted by Gasteiger charge is -2.16. The molecule has 0 saturated carbocycles. The van der Waals surface area contributed by atoms with Crippen LogP contribution in [0.4, 0.5) is 0 Å². The highest BCUT2D eigenvalue weighted by molar-refractivity contribution is 7.89. The minimum Gasteiger partial charge on any atom is -0.268 e. The summed E-state index contributed by atoms with van der Waals surface area (Å²) in [5, 5.41) is 4.36. The molecule has 0 bridgehead atoms. The third kappa shape index (κ3) is 3.75. The van der Waals surface area contributed by atoms with Crippen LogP contribution in [0, 0.1) is 27.7 Å². The fourth-order valence-electron chi connectivity index (χ4n) is 2.37. The van der Waals surface area contributed by atoms with Crippen LogP contribution in [0.2, 0.25) is 0 Å². The maximum Gasteiger partial charge on any atom is 0.240 e. The Morgan fingerprint density at radius 2 is 1.82 bits per heavy atom. The van der Waals surface area contributed by atoms with Crippen LogP contribution >= 0.6 is 0 Å². The van der Waals surface area contributed by atoms with Crippen LogP contribution < -0.4 is 4.72 Å². The molecule has 6 heteroatoms. The second kappa shape index (κ2) is 6.22. The number of hydrogen-bond acceptors (Lipinski definition) is 3. The average molecular weight is 321 g/mol. The number of rotatable bonds is 5. The van der Waals surface area contributed by atoms with E-state index < -0.39 is 10.0 Å². The molecule has 22 heavy (non-hydrogen) atoms. The summed E-state index contributed by atoms with van der Waals surface area (Å²) >= 11 is 0. The third-order valence-corrected chi connectivity index (χ3v) is 5.28. The summed E-state index contributed by atoms with van der Waals surface area (Å²) in [6, 6.07) is 6.90. The monoisotopic (exact) mass is 321 g/mol. The van der Waals surface area contributed by atoms with Crippen LogP contribution in [0.25, 0.3) is 0 Å². The minimum absolute atomic E-state index is 0.246. The molecule has 120 valence electrons. The highest BCUT2D eigenvalue weighted by Crippen LogP contribution is 2.15. The van der Waals surface area contributed by atoms with Crippen molar-refractivity contribution in [1.82, 2.24) is 14.5 Å². The van der Waals surface area contributed by atoms with Gasteiger partial charge in [-0.3, -0.25) is 4.68 Å². The Kier molecular flexibility index (Phi) is 4.72. The topological polar surface area (TPSA) is 64.0 Å². The molecule has 0 aliphatic heterocycles. The zero-order valence-corrected chi connectivity index (χ0v) is 14.5. The van der Waals surface area contributed by atoms with E-state index in [1.54, 1.807) is 12.1 Å². The van der Waals surface area contributed by atoms with Gasteiger partial charge in [-0.1, -0.05) is 6.07 Å². The molecule has 0 saturated heterocycles. The Labute approximate surface area is 132 Å². The number of sulfonamides is 1. The van der Waals surface area contributed by atoms with Gasteiger partial charge in [-0.2, -0.15) is 5.10 Å². The molecular weight excluding hydrogens is 298 g/mol. The molecule has 0 amide bonds. The van der Waals surface area contributed by atoms with Gasteiger partial charge in [0.05, 0.1) is 17.1 Å². The molecule has 0 aliphatic carbocycles. The van der Waals surface area contributed by atoms with Gasteiger partial charge in [0, 0.05) is 11.7 Å². The first kappa shape index (κ1) is 16.7. The molecule has 0 aliphatic rings. The second-order valence-corrected chi connectivity index (χ2v) is 7.59. The molecule has 2 rings (SSSR count). The lowest BCUT2D eigenvalue weighted by molar-refractivity contribution is 0.485. The van der Waals surface area contributed by atoms with E-state index in [-0.39, 0.29) is 6.04 Å². The zero-order chi connectivity index (χ0) is 16.5. The van der Waals surface area contributed by atoms with Gasteiger partial charge >= 0.3 is 0 Å². The van der Waals surface area contributed by atoms with E-state index in [9.17, 15) is 8.42 Å². The Morgan fingerprint density at radius 1 is 1.14 bits per heavy atom. The number of aryl methyl sites for hydroxylation is 4. The van der Waals surface area contributed by atoms with Crippen LogP contribution in [-0.2, 0) is 16.6 Å². The van der Waals surface area contributed by atoms with Crippen molar-refractivity contribution in [2.75, 3.05) is 0 Å². The van der Waals surface area contributed by atoms with Gasteiger partial charge in [0.1, 0.15) is 0 Å². The summed E-state index contributed by atoms with van der Waals surface area (Å²) in [5.74, 6) is 0. The van der Waals surface area contributed by atoms with E-state index in [1.807, 2.05) is 51.4 Å². The fourth-order valence-corrected chi connectivity index (χ4v) is 3.69. The van der Waals surface area contributed by atoms with Gasteiger partial charge in [-0.15, -0.1) is 0 Å². The molecule has 0 spiro atoms. The Bertz CT molecular complexity index is 779. The largest absolute Gasteiger partial charge is 0.268 e. The lowest BCUT2D eigenvalue weighted by atomic mass is 10.1. The van der Waals surface area contributed by atoms with E-state index in [1.165, 1.54) is 0 Å². The van der Waals surface area contributed by atoms with Crippen LogP contribution in [0.3, 0.4) is 0 Å². The number of nitrogens with one attached hydrogen (secondary N) is 1. The summed E-state index contributed by atoms with van der Waals surface area (Å²) in [7, 11) is -3.52. The van der Waals surface area contributed by atoms with Crippen molar-refractivity contribution in [2.24, 2.45) is 0 Å². The van der Waals surface area contributed by atoms with Crippen molar-refractivity contribution in [2.45, 2.75) is 52.1 Å². The molecule has 1 N–H and O–H groups in total. The van der Waals surface area contributed by atoms with Crippen LogP contribution in [0.15, 0.2) is 29.2 Å². The number of aromatic nitrogens is 2. The van der Waals surface area contributed by atoms with Crippen molar-refractivity contribution in [3.8, 4) is 0 Å². The maximum atomic E-state index is 12.4. The predicted molar refractivity (Wildman–Crippen MR) is 87.4 cm³/mol. The normalized spacial score (nSPS) is 13.3. The molecule has 1 aromatic carbocycles. The van der Waals surface area contributed by atoms with Gasteiger partial charge in [0.25, 0.3) is 0 Å². The van der Waals surface area contributed by atoms with Crippen molar-refractivity contribution in [3.63, 3.8) is 0 Å². The molecule has 2 aromatic rings. The van der Waals surface area contributed by atoms with E-state index >= 15 is 0 Å². The molecular formula is C16H23N3O2S. The molecule has 1 atom stereocenters. The number of nitrogens with zero attached hydrogens (tertiary/aromatic N) is 2. The molecule has 0 fully saturated rings. The number of hydrogen-bond donors (Lipinski definition) is 1. The Balaban J connectivity index is 2.14. The first-order chi connectivity index (χ1) is 10.2. The van der Waals surface area contributed by atoms with Gasteiger partial charge in [-0.05, 0) is 63.9 Å². The average Bonchev–Trinajstić information content (AvgIpc) is 2.70. The highest BCUT2D eigenvalue weighted by atomic mass is 32.2. The zero-order valence-electron chi connectivity index (χ0n) is 13.7. The van der Waals surface area contributed by atoms with E-state index in [4.69, 9.17) is 0 Å². The second-order valence-electron chi connectivity index (χ2n) is 5.88. The lowest BCUT2D eigenvalue weighted by Crippen LogP contribution is -2.36. The summed E-state index contributed by atoms with van der Waals surface area (Å²) < 4.78 is 29.4. The van der Waals surface area contributed by atoms with E-state index in [2.05, 4.69) is 9.82 Å². The van der Waals surface area contributed by atoms with Gasteiger partial charge in [0.15, 0.2) is 0 Å². The maximum absolute atomic E-state index is 12.4. The van der Waals surface area contributed by atoms with Crippen molar-refractivity contribution in [3.05, 3.63) is 46.8 Å². The summed E-state index contributed by atoms with van der Waals surface area (Å²) in [6.07, 6.45) is 0. The van der Waals surface area contributed by atoms with E-state index in [0.29, 0.717) is 11.4 Å². The minimum atomic E-state index is -3.52. The SMILES string of the molecule is Cc1cc(C)n(C[C@H](C)NS(=O)(=O)c2ccc(C)c(C)c2)n1. The highest BCUT2D eigenvalue weighted by Gasteiger charge is 2.18. The Morgan fingerprint density at radius 3 is 2.36 bits per heavy atom. The predicted octanol–water partition coefficient (Wildman–Crippen LogP) is 2.48. The summed E-state index contributed by atoms with van der Waals surface area (Å²) in [5.41, 5.74) is 4.00. The van der Waals surface area contributed by atoms with E-state index in [0.717, 1.165) is 22.5 Å². The fraction of sp³-hybridized carbons (Fsp3) is 0.438. The van der Waals surface area contributed by atoms with Crippen LogP contribution in [0.1, 0.15) is 29.4 Å². The summed E-state index contributed by atoms with van der Waals surface area (Å²) in [4.78, 5) is 0.302. The van der Waals surface area contributed by atoms with Crippen molar-refractivity contribution >= 4 is 10.0 Å². The Hall–Kier alpha value is -1.66. The van der Waals surface area contributed by atoms with Crippen molar-refractivity contribution < 1.29 is 8.42 Å². The molecule has 1 aromatic heterocycles. The van der Waals surface area contributed by atoms with Crippen LogP contribution in [-0.4, -0.2) is 24.2 Å². The van der Waals surface area contributed by atoms with Gasteiger partial charge < -0.3 is 0 Å². The van der Waals surface area contributed by atoms with Gasteiger partial charge in [-0.25, -0.2) is 13.1 Å². The van der Waals surface area contributed by atoms with Crippen molar-refractivity contribution in [1.29, 1.82) is 0 Å². The van der Waals surface area contributed by atoms with Gasteiger partial charge in [0.2, 0.25) is 10.0 Å². The third-order valence-electron chi connectivity index (χ3n) is 3.70. The smallest absolute Gasteiger partial charge is 0.240 e. The first-order valence-electron chi connectivity index (χ1n) is 7.29. The first-order valence-corrected chi connectivity index (χ1v) is 8.78.